The van der Waals surface area contributed by atoms with Gasteiger partial charge in [0.05, 0.1) is 36.9 Å². The summed E-state index contributed by atoms with van der Waals surface area (Å²) in [6, 6.07) is 48.1. The zero-order valence-electron chi connectivity index (χ0n) is 61.7. The Morgan fingerprint density at radius 2 is 0.697 bits per heavy atom. The molecule has 590 valence electrons. The topological polar surface area (TPSA) is 275 Å². The molecule has 4 aromatic heterocycles. The van der Waals surface area contributed by atoms with Crippen molar-refractivity contribution in [2.45, 2.75) is 97.6 Å². The number of anilines is 4. The molecule has 24 heteroatoms. The monoisotopic (exact) mass is 1500 g/mol. The van der Waals surface area contributed by atoms with Gasteiger partial charge in [-0.05, 0) is 127 Å². The average molecular weight is 1500 g/mol. The van der Waals surface area contributed by atoms with Crippen molar-refractivity contribution in [3.05, 3.63) is 170 Å². The normalized spacial score (nSPS) is 14.4. The molecule has 4 aromatic carbocycles. The Balaban J connectivity index is 0.000000257. The number of piperazine rings is 4. The third kappa shape index (κ3) is 25.9. The Morgan fingerprint density at radius 1 is 0.358 bits per heavy atom. The Labute approximate surface area is 646 Å². The molecule has 8 aromatic rings. The number of aromatic nitrogens is 4. The number of amides is 4. The number of phenols is 4. The van der Waals surface area contributed by atoms with Crippen LogP contribution in [0.2, 0.25) is 0 Å². The number of carbonyl (C=O) groups is 4. The summed E-state index contributed by atoms with van der Waals surface area (Å²) >= 11 is 0. The van der Waals surface area contributed by atoms with Crippen LogP contribution < -0.4 is 19.6 Å². The van der Waals surface area contributed by atoms with E-state index in [0.29, 0.717) is 152 Å². The molecular weight excluding hydrogens is 1380 g/mol. The molecule has 0 spiro atoms. The van der Waals surface area contributed by atoms with Crippen molar-refractivity contribution in [3.63, 3.8) is 0 Å². The Hall–Kier alpha value is -10.9. The molecule has 12 rings (SSSR count). The summed E-state index contributed by atoms with van der Waals surface area (Å²) in [5.41, 5.74) is 7.06. The number of hydrogen-bond acceptors (Lipinski definition) is 20. The lowest BCUT2D eigenvalue weighted by atomic mass is 10.0. The summed E-state index contributed by atoms with van der Waals surface area (Å²) in [5, 5.41) is 50.3. The fraction of sp³-hybridized carbons (Fsp3) is 0.435. The maximum Gasteiger partial charge on any atom is 0.409 e. The third-order valence-corrected chi connectivity index (χ3v) is 17.9. The van der Waals surface area contributed by atoms with Crippen LogP contribution >= 0.6 is 0 Å². The van der Waals surface area contributed by atoms with Gasteiger partial charge in [0.25, 0.3) is 5.91 Å². The summed E-state index contributed by atoms with van der Waals surface area (Å²) in [6.45, 7) is 27.9. The lowest BCUT2D eigenvalue weighted by Crippen LogP contribution is -2.51. The van der Waals surface area contributed by atoms with Crippen LogP contribution in [0.3, 0.4) is 0 Å². The molecule has 4 aliphatic rings. The average Bonchev–Trinajstić information content (AvgIpc) is 0.834. The highest BCUT2D eigenvalue weighted by Crippen LogP contribution is 2.34. The maximum absolute atomic E-state index is 12.4. The van der Waals surface area contributed by atoms with Gasteiger partial charge in [-0.2, -0.15) is 0 Å². The molecule has 4 amide bonds. The van der Waals surface area contributed by atoms with Gasteiger partial charge in [-0.25, -0.2) is 29.3 Å². The first-order chi connectivity index (χ1) is 50.6. The van der Waals surface area contributed by atoms with Crippen LogP contribution in [0, 0.1) is 23.7 Å². The number of benzene rings is 4. The number of aromatic hydroxyl groups is 4. The van der Waals surface area contributed by atoms with Crippen molar-refractivity contribution in [3.8, 4) is 67.9 Å². The van der Waals surface area contributed by atoms with Gasteiger partial charge in [0.15, 0.2) is 0 Å². The van der Waals surface area contributed by atoms with Crippen LogP contribution in [0.1, 0.15) is 91.5 Å². The van der Waals surface area contributed by atoms with Crippen molar-refractivity contribution in [2.24, 2.45) is 23.7 Å². The summed E-state index contributed by atoms with van der Waals surface area (Å²) in [4.78, 5) is 82.4. The van der Waals surface area contributed by atoms with Gasteiger partial charge in [0.2, 0.25) is 0 Å². The van der Waals surface area contributed by atoms with E-state index in [9.17, 15) is 44.7 Å². The van der Waals surface area contributed by atoms with Crippen LogP contribution in [0.4, 0.5) is 37.5 Å². The Morgan fingerprint density at radius 3 is 1.07 bits per heavy atom. The number of nitrogens with zero attached hydrogens (tertiary/aromatic N) is 12. The highest BCUT2D eigenvalue weighted by molar-refractivity contribution is 5.81. The predicted molar refractivity (Wildman–Crippen MR) is 436 cm³/mol. The molecule has 0 unspecified atom stereocenters. The lowest BCUT2D eigenvalue weighted by Gasteiger charge is -2.36. The largest absolute Gasteiger partial charge is 0.507 e. The maximum atomic E-state index is 12.4. The van der Waals surface area contributed by atoms with E-state index in [0.717, 1.165) is 64.4 Å². The molecule has 5 N–H and O–H groups in total. The predicted octanol–water partition coefficient (Wildman–Crippen LogP) is 15.2. The van der Waals surface area contributed by atoms with Crippen LogP contribution in [0.15, 0.2) is 170 Å². The van der Waals surface area contributed by atoms with Gasteiger partial charge >= 0.3 is 18.3 Å². The van der Waals surface area contributed by atoms with E-state index in [1.807, 2.05) is 165 Å². The van der Waals surface area contributed by atoms with Gasteiger partial charge < -0.3 is 78.9 Å². The number of phenolic OH excluding ortho intramolecular Hbond substituents is 4. The van der Waals surface area contributed by atoms with Crippen LogP contribution in [-0.4, -0.2) is 220 Å². The number of ether oxygens (including phenoxy) is 3. The minimum atomic E-state index is -0.918. The van der Waals surface area contributed by atoms with Crippen molar-refractivity contribution in [1.29, 1.82) is 0 Å². The van der Waals surface area contributed by atoms with Gasteiger partial charge in [-0.1, -0.05) is 152 Å². The number of aliphatic hydroxyl groups is 1. The highest BCUT2D eigenvalue weighted by Gasteiger charge is 2.30. The van der Waals surface area contributed by atoms with E-state index in [1.165, 1.54) is 0 Å². The first-order valence-corrected chi connectivity index (χ1v) is 36.3. The Kier molecular flexibility index (Phi) is 35.7. The summed E-state index contributed by atoms with van der Waals surface area (Å²) in [7, 11) is 0. The standard InChI is InChI=1S/C21H27N3O3.3C20H25N3O3.4CH4/c1-15(2)14-19(26)21(27)24-12-10-23(11-13-24)20-9-5-7-17(22-20)16-6-3-4-8-18(16)25;1-15(2)14-26-20(25)23-12-10-22(11-13-23)19-9-5-7-17(21-19)16-6-3-4-8-18(16)24;1-15(2)14-26-20(25)23-11-9-22(10-12-23)16-7-8-21-18(13-16)17-5-3-4-6-19(17)24;1-15(2)14-26-20(25)23-11-9-22(10-12-23)19-13-16(7-8-21-19)17-5-3-4-6-18(17)24;;;;/h3-9,15,19,25-26H,10-14H2,1-2H3;3-9,15,24H,10-14H2,1-2H3;2*3-8,13,15,24H,9-12,14H2,1-2H3;4*1H4/t19-;;;;;;;/m1......./s1. The molecule has 24 nitrogen and oxygen atoms in total. The first-order valence-electron chi connectivity index (χ1n) is 36.3. The second kappa shape index (κ2) is 43.8. The fourth-order valence-electron chi connectivity index (χ4n) is 12.1. The molecule has 1 atom stereocenters. The minimum Gasteiger partial charge on any atom is -0.507 e. The molecular formula is C85H118N12O12. The lowest BCUT2D eigenvalue weighted by molar-refractivity contribution is -0.141. The van der Waals surface area contributed by atoms with Crippen molar-refractivity contribution in [1.82, 2.24) is 39.5 Å². The van der Waals surface area contributed by atoms with Crippen molar-refractivity contribution >= 4 is 47.3 Å². The minimum absolute atomic E-state index is 0. The number of hydrogen-bond donors (Lipinski definition) is 5. The smallest absolute Gasteiger partial charge is 0.409 e. The second-order valence-electron chi connectivity index (χ2n) is 27.9. The molecule has 4 aliphatic heterocycles. The van der Waals surface area contributed by atoms with E-state index in [-0.39, 0.29) is 82.8 Å². The van der Waals surface area contributed by atoms with Crippen LogP contribution in [0.5, 0.6) is 23.0 Å². The third-order valence-electron chi connectivity index (χ3n) is 17.9. The Bertz CT molecular complexity index is 3790. The molecule has 4 fully saturated rings. The van der Waals surface area contributed by atoms with Gasteiger partial charge in [0.1, 0.15) is 46.6 Å². The number of pyridine rings is 4. The molecule has 0 saturated carbocycles. The molecule has 0 aliphatic carbocycles. The number of para-hydroxylation sites is 4. The van der Waals surface area contributed by atoms with E-state index in [2.05, 4.69) is 39.5 Å². The fourth-order valence-corrected chi connectivity index (χ4v) is 12.1. The molecule has 0 radical (unpaired) electrons. The van der Waals surface area contributed by atoms with E-state index < -0.39 is 6.10 Å². The number of carbonyl (C=O) groups excluding carboxylic acids is 4. The van der Waals surface area contributed by atoms with Crippen LogP contribution in [-0.2, 0) is 19.0 Å². The van der Waals surface area contributed by atoms with E-state index in [4.69, 9.17) is 14.2 Å². The molecule has 109 heavy (non-hydrogen) atoms. The zero-order chi connectivity index (χ0) is 74.9. The van der Waals surface area contributed by atoms with Crippen molar-refractivity contribution < 1.29 is 58.9 Å². The van der Waals surface area contributed by atoms with Crippen molar-refractivity contribution in [2.75, 3.05) is 144 Å². The first kappa shape index (κ1) is 88.7. The second-order valence-corrected chi connectivity index (χ2v) is 27.9. The quantitative estimate of drug-likeness (QED) is 0.0530. The van der Waals surface area contributed by atoms with Gasteiger partial charge in [-0.3, -0.25) is 9.78 Å². The SMILES string of the molecule is C.C.C.C.CC(C)COC(=O)N1CCN(c2cc(-c3ccccc3O)ccn2)CC1.CC(C)COC(=O)N1CCN(c2cccc(-c3ccccc3O)n2)CC1.CC(C)COC(=O)N1CCN(c2ccnc(-c3ccccc3O)c2)CC1.CC(C)C[C@@H](O)C(=O)N1CCN(c2cccc(-c3ccccc3O)n2)CC1. The number of rotatable bonds is 17. The van der Waals surface area contributed by atoms with Gasteiger partial charge in [-0.15, -0.1) is 0 Å². The van der Waals surface area contributed by atoms with E-state index in [1.54, 1.807) is 80.5 Å². The molecule has 4 saturated heterocycles. The number of aliphatic hydroxyl groups excluding tert-OH is 1. The molecule has 8 heterocycles. The zero-order valence-corrected chi connectivity index (χ0v) is 61.7. The van der Waals surface area contributed by atoms with Crippen LogP contribution in [0.25, 0.3) is 44.9 Å². The summed E-state index contributed by atoms with van der Waals surface area (Å²) < 4.78 is 15.9. The molecule has 0 bridgehead atoms. The summed E-state index contributed by atoms with van der Waals surface area (Å²) in [6.07, 6.45) is 2.36. The highest BCUT2D eigenvalue weighted by atomic mass is 16.6. The van der Waals surface area contributed by atoms with E-state index >= 15 is 0 Å². The van der Waals surface area contributed by atoms with Gasteiger partial charge in [0, 0.05) is 145 Å². The summed E-state index contributed by atoms with van der Waals surface area (Å²) in [5.74, 6) is 4.52.